The molecule has 114 valence electrons. The molecule has 1 aromatic heterocycles. The molecule has 0 radical (unpaired) electrons. The van der Waals surface area contributed by atoms with E-state index in [0.29, 0.717) is 17.1 Å². The lowest BCUT2D eigenvalue weighted by Crippen LogP contribution is -2.36. The van der Waals surface area contributed by atoms with Crippen molar-refractivity contribution in [3.63, 3.8) is 0 Å². The zero-order chi connectivity index (χ0) is 15.9. The van der Waals surface area contributed by atoms with Gasteiger partial charge >= 0.3 is 0 Å². The van der Waals surface area contributed by atoms with Crippen molar-refractivity contribution < 1.29 is 9.59 Å². The molecular formula is C15H13Cl2N3O2. The highest BCUT2D eigenvalue weighted by Crippen LogP contribution is 2.22. The zero-order valence-electron chi connectivity index (χ0n) is 11.5. The van der Waals surface area contributed by atoms with E-state index in [0.717, 1.165) is 5.56 Å². The van der Waals surface area contributed by atoms with Crippen molar-refractivity contribution in [1.29, 1.82) is 0 Å². The fraction of sp³-hybridized carbons (Fsp3) is 0.133. The van der Waals surface area contributed by atoms with Gasteiger partial charge in [-0.1, -0.05) is 23.2 Å². The highest BCUT2D eigenvalue weighted by atomic mass is 35.5. The molecule has 1 heterocycles. The fourth-order valence-corrected chi connectivity index (χ4v) is 1.96. The molecule has 0 aliphatic carbocycles. The summed E-state index contributed by atoms with van der Waals surface area (Å²) in [4.78, 5) is 27.5. The van der Waals surface area contributed by atoms with Crippen LogP contribution in [-0.2, 0) is 11.3 Å². The smallest absolute Gasteiger partial charge is 0.251 e. The van der Waals surface area contributed by atoms with Crippen LogP contribution in [0.5, 0.6) is 0 Å². The van der Waals surface area contributed by atoms with Crippen LogP contribution in [0.3, 0.4) is 0 Å². The van der Waals surface area contributed by atoms with Gasteiger partial charge in [0.1, 0.15) is 0 Å². The van der Waals surface area contributed by atoms with Crippen molar-refractivity contribution in [2.24, 2.45) is 0 Å². The topological polar surface area (TPSA) is 71.1 Å². The predicted molar refractivity (Wildman–Crippen MR) is 84.9 cm³/mol. The largest absolute Gasteiger partial charge is 0.350 e. The average Bonchev–Trinajstić information content (AvgIpc) is 2.54. The van der Waals surface area contributed by atoms with Crippen molar-refractivity contribution in [3.8, 4) is 0 Å². The average molecular weight is 338 g/mol. The molecule has 0 atom stereocenters. The van der Waals surface area contributed by atoms with E-state index >= 15 is 0 Å². The van der Waals surface area contributed by atoms with Gasteiger partial charge in [-0.05, 0) is 35.9 Å². The van der Waals surface area contributed by atoms with Gasteiger partial charge < -0.3 is 10.6 Å². The Kier molecular flexibility index (Phi) is 5.75. The zero-order valence-corrected chi connectivity index (χ0v) is 13.0. The van der Waals surface area contributed by atoms with E-state index in [9.17, 15) is 9.59 Å². The quantitative estimate of drug-likeness (QED) is 0.880. The summed E-state index contributed by atoms with van der Waals surface area (Å²) in [6.07, 6.45) is 3.29. The second-order valence-electron chi connectivity index (χ2n) is 4.44. The van der Waals surface area contributed by atoms with Crippen LogP contribution >= 0.6 is 23.2 Å². The van der Waals surface area contributed by atoms with Crippen LogP contribution in [-0.4, -0.2) is 23.3 Å². The molecule has 0 fully saturated rings. The number of nitrogens with zero attached hydrogens (tertiary/aromatic N) is 1. The number of halogens is 2. The molecule has 1 aromatic carbocycles. The highest BCUT2D eigenvalue weighted by molar-refractivity contribution is 6.42. The molecule has 0 aliphatic heterocycles. The Morgan fingerprint density at radius 3 is 2.41 bits per heavy atom. The summed E-state index contributed by atoms with van der Waals surface area (Å²) in [5.41, 5.74) is 1.27. The molecular weight excluding hydrogens is 325 g/mol. The van der Waals surface area contributed by atoms with Crippen LogP contribution in [0.15, 0.2) is 42.7 Å². The molecule has 0 spiro atoms. The minimum Gasteiger partial charge on any atom is -0.350 e. The maximum absolute atomic E-state index is 11.9. The minimum atomic E-state index is -0.391. The Bertz CT molecular complexity index is 678. The molecule has 2 rings (SSSR count). The lowest BCUT2D eigenvalue weighted by molar-refractivity contribution is -0.120. The van der Waals surface area contributed by atoms with Gasteiger partial charge in [-0.25, -0.2) is 0 Å². The number of pyridine rings is 1. The van der Waals surface area contributed by atoms with Crippen LogP contribution in [0.1, 0.15) is 15.9 Å². The number of hydrogen-bond donors (Lipinski definition) is 2. The summed E-state index contributed by atoms with van der Waals surface area (Å²) < 4.78 is 0. The van der Waals surface area contributed by atoms with Crippen molar-refractivity contribution in [1.82, 2.24) is 15.6 Å². The summed E-state index contributed by atoms with van der Waals surface area (Å²) in [5.74, 6) is -0.678. The molecule has 0 unspecified atom stereocenters. The minimum absolute atomic E-state index is 0.121. The molecule has 2 aromatic rings. The third-order valence-electron chi connectivity index (χ3n) is 2.83. The molecule has 22 heavy (non-hydrogen) atoms. The normalized spacial score (nSPS) is 10.1. The monoisotopic (exact) mass is 337 g/mol. The van der Waals surface area contributed by atoms with Crippen LogP contribution in [0.4, 0.5) is 0 Å². The summed E-state index contributed by atoms with van der Waals surface area (Å²) in [5, 5.41) is 5.87. The first-order valence-corrected chi connectivity index (χ1v) is 7.20. The van der Waals surface area contributed by atoms with Crippen molar-refractivity contribution in [2.45, 2.75) is 6.54 Å². The van der Waals surface area contributed by atoms with E-state index in [1.54, 1.807) is 30.6 Å². The number of benzene rings is 1. The van der Waals surface area contributed by atoms with Crippen molar-refractivity contribution >= 4 is 35.0 Å². The van der Waals surface area contributed by atoms with Gasteiger partial charge in [0.25, 0.3) is 5.91 Å². The number of rotatable bonds is 5. The summed E-state index contributed by atoms with van der Waals surface area (Å²) in [7, 11) is 0. The number of amides is 2. The lowest BCUT2D eigenvalue weighted by atomic mass is 10.2. The Hall–Kier alpha value is -2.11. The first-order chi connectivity index (χ1) is 10.6. The third kappa shape index (κ3) is 4.72. The lowest BCUT2D eigenvalue weighted by Gasteiger charge is -2.07. The van der Waals surface area contributed by atoms with Gasteiger partial charge in [-0.2, -0.15) is 0 Å². The number of carbonyl (C=O) groups excluding carboxylic acids is 2. The van der Waals surface area contributed by atoms with Crippen LogP contribution in [0.2, 0.25) is 10.0 Å². The second-order valence-corrected chi connectivity index (χ2v) is 5.26. The Labute approximate surface area is 137 Å². The van der Waals surface area contributed by atoms with E-state index in [2.05, 4.69) is 15.6 Å². The number of nitrogens with one attached hydrogen (secondary N) is 2. The molecule has 0 saturated heterocycles. The molecule has 2 amide bonds. The Morgan fingerprint density at radius 2 is 1.73 bits per heavy atom. The molecule has 0 saturated carbocycles. The first kappa shape index (κ1) is 16.3. The van der Waals surface area contributed by atoms with E-state index in [1.807, 2.05) is 0 Å². The van der Waals surface area contributed by atoms with Gasteiger partial charge in [-0.3, -0.25) is 14.6 Å². The molecule has 7 heteroatoms. The molecule has 2 N–H and O–H groups in total. The van der Waals surface area contributed by atoms with Crippen LogP contribution < -0.4 is 10.6 Å². The molecule has 0 bridgehead atoms. The van der Waals surface area contributed by atoms with Gasteiger partial charge in [0.05, 0.1) is 16.6 Å². The Morgan fingerprint density at radius 1 is 1.00 bits per heavy atom. The van der Waals surface area contributed by atoms with E-state index in [1.165, 1.54) is 12.1 Å². The summed E-state index contributed by atoms with van der Waals surface area (Å²) >= 11 is 11.6. The maximum Gasteiger partial charge on any atom is 0.251 e. The van der Waals surface area contributed by atoms with Crippen molar-refractivity contribution in [2.75, 3.05) is 6.54 Å². The standard InChI is InChI=1S/C15H13Cl2N3O2/c16-12-2-1-11(7-13(12)17)15(22)20-9-14(21)19-8-10-3-5-18-6-4-10/h1-7H,8-9H2,(H,19,21)(H,20,22). The van der Waals surface area contributed by atoms with Gasteiger partial charge in [0, 0.05) is 24.5 Å². The summed E-state index contributed by atoms with van der Waals surface area (Å²) in [6.45, 7) is 0.258. The van der Waals surface area contributed by atoms with Crippen molar-refractivity contribution in [3.05, 3.63) is 63.9 Å². The van der Waals surface area contributed by atoms with E-state index in [-0.39, 0.29) is 17.5 Å². The first-order valence-electron chi connectivity index (χ1n) is 6.45. The van der Waals surface area contributed by atoms with E-state index < -0.39 is 5.91 Å². The van der Waals surface area contributed by atoms with E-state index in [4.69, 9.17) is 23.2 Å². The van der Waals surface area contributed by atoms with Crippen LogP contribution in [0, 0.1) is 0 Å². The maximum atomic E-state index is 11.9. The highest BCUT2D eigenvalue weighted by Gasteiger charge is 2.09. The van der Waals surface area contributed by atoms with Crippen LogP contribution in [0.25, 0.3) is 0 Å². The van der Waals surface area contributed by atoms with Gasteiger partial charge in [0.15, 0.2) is 0 Å². The molecule has 0 aliphatic rings. The fourth-order valence-electron chi connectivity index (χ4n) is 1.66. The number of carbonyl (C=O) groups is 2. The summed E-state index contributed by atoms with van der Waals surface area (Å²) in [6, 6.07) is 8.12. The Balaban J connectivity index is 1.80. The number of aromatic nitrogens is 1. The predicted octanol–water partition coefficient (Wildman–Crippen LogP) is 2.43. The van der Waals surface area contributed by atoms with Gasteiger partial charge in [0.2, 0.25) is 5.91 Å². The van der Waals surface area contributed by atoms with Gasteiger partial charge in [-0.15, -0.1) is 0 Å². The second kappa shape index (κ2) is 7.77. The third-order valence-corrected chi connectivity index (χ3v) is 3.57. The SMILES string of the molecule is O=C(CNC(=O)c1ccc(Cl)c(Cl)c1)NCc1ccncc1. The molecule has 5 nitrogen and oxygen atoms in total. The number of hydrogen-bond acceptors (Lipinski definition) is 3.